The van der Waals surface area contributed by atoms with Crippen molar-refractivity contribution in [1.29, 1.82) is 0 Å². The maximum atomic E-state index is 12.8. The molecule has 11 heteroatoms. The molecule has 3 rings (SSSR count). The largest absolute Gasteiger partial charge is 0.368 e. The Bertz CT molecular complexity index is 854. The van der Waals surface area contributed by atoms with Gasteiger partial charge in [0.25, 0.3) is 5.91 Å². The number of nitrogens with zero attached hydrogens (tertiary/aromatic N) is 7. The smallest absolute Gasteiger partial charge is 0.251 e. The number of nitrogens with one attached hydrogen (secondary N) is 1. The van der Waals surface area contributed by atoms with Crippen molar-refractivity contribution in [3.63, 3.8) is 0 Å². The molecule has 11 nitrogen and oxygen atoms in total. The highest BCUT2D eigenvalue weighted by Gasteiger charge is 2.24. The van der Waals surface area contributed by atoms with Gasteiger partial charge in [0, 0.05) is 45.3 Å². The van der Waals surface area contributed by atoms with Crippen molar-refractivity contribution in [3.8, 4) is 0 Å². The number of hydrogen-bond donors (Lipinski definition) is 1. The van der Waals surface area contributed by atoms with Crippen LogP contribution >= 0.6 is 0 Å². The van der Waals surface area contributed by atoms with Crippen molar-refractivity contribution in [2.45, 2.75) is 25.9 Å². The molecule has 3 heterocycles. The van der Waals surface area contributed by atoms with Crippen LogP contribution in [0.15, 0.2) is 25.0 Å². The lowest BCUT2D eigenvalue weighted by atomic mass is 10.2. The summed E-state index contributed by atoms with van der Waals surface area (Å²) in [4.78, 5) is 33.0. The van der Waals surface area contributed by atoms with Crippen LogP contribution in [-0.2, 0) is 14.3 Å². The Morgan fingerprint density at radius 1 is 1.38 bits per heavy atom. The molecule has 0 aromatic carbocycles. The van der Waals surface area contributed by atoms with Crippen molar-refractivity contribution < 1.29 is 14.3 Å². The Morgan fingerprint density at radius 3 is 3.07 bits per heavy atom. The van der Waals surface area contributed by atoms with Gasteiger partial charge in [-0.1, -0.05) is 6.08 Å². The highest BCUT2D eigenvalue weighted by Crippen LogP contribution is 2.15. The topological polar surface area (TPSA) is 118 Å². The first-order valence-electron chi connectivity index (χ1n) is 9.65. The van der Waals surface area contributed by atoms with Gasteiger partial charge in [0.2, 0.25) is 11.6 Å². The van der Waals surface area contributed by atoms with Crippen LogP contribution in [0.3, 0.4) is 0 Å². The van der Waals surface area contributed by atoms with E-state index >= 15 is 0 Å². The Morgan fingerprint density at radius 2 is 2.24 bits per heavy atom. The molecule has 0 saturated carbocycles. The predicted molar refractivity (Wildman–Crippen MR) is 105 cm³/mol. The van der Waals surface area contributed by atoms with E-state index in [4.69, 9.17) is 4.74 Å². The molecule has 1 atom stereocenters. The van der Waals surface area contributed by atoms with Crippen molar-refractivity contribution in [1.82, 2.24) is 35.2 Å². The van der Waals surface area contributed by atoms with Crippen LogP contribution in [0.25, 0.3) is 5.65 Å². The number of fused-ring (bicyclic) bond motifs is 1. The highest BCUT2D eigenvalue weighted by atomic mass is 16.5. The van der Waals surface area contributed by atoms with E-state index in [2.05, 4.69) is 32.4 Å². The van der Waals surface area contributed by atoms with Gasteiger partial charge < -0.3 is 19.9 Å². The molecule has 0 spiro atoms. The summed E-state index contributed by atoms with van der Waals surface area (Å²) in [7, 11) is 0. The molecule has 0 unspecified atom stereocenters. The fourth-order valence-corrected chi connectivity index (χ4v) is 3.10. The lowest BCUT2D eigenvalue weighted by Crippen LogP contribution is -2.48. The standard InChI is InChI=1S/C18H26N8O3/c1-3-4-13-29-14(2)18(28)25-8-5-15(27)19-6-9-24(11-12-25)16-17-21-22-23-26(17)10-7-20-16/h3,7,10,14H,1,4-6,8-9,11-13H2,2H3,(H,19,27)/t14-/m0/s1. The zero-order chi connectivity index (χ0) is 20.6. The van der Waals surface area contributed by atoms with Gasteiger partial charge in [0.1, 0.15) is 6.10 Å². The first kappa shape index (κ1) is 20.6. The molecule has 29 heavy (non-hydrogen) atoms. The van der Waals surface area contributed by atoms with E-state index in [0.29, 0.717) is 57.2 Å². The second kappa shape index (κ2) is 9.92. The summed E-state index contributed by atoms with van der Waals surface area (Å²) in [6.07, 6.45) is 5.38. The molecule has 1 aliphatic heterocycles. The number of hydrogen-bond acceptors (Lipinski definition) is 8. The maximum absolute atomic E-state index is 12.8. The fraction of sp³-hybridized carbons (Fsp3) is 0.556. The molecule has 0 radical (unpaired) electrons. The van der Waals surface area contributed by atoms with Crippen LogP contribution < -0.4 is 10.2 Å². The summed E-state index contributed by atoms with van der Waals surface area (Å²) in [6.45, 7) is 8.10. The van der Waals surface area contributed by atoms with Gasteiger partial charge in [-0.2, -0.15) is 4.52 Å². The zero-order valence-corrected chi connectivity index (χ0v) is 16.5. The summed E-state index contributed by atoms with van der Waals surface area (Å²) >= 11 is 0. The molecule has 1 saturated heterocycles. The Hall–Kier alpha value is -3.08. The third kappa shape index (κ3) is 5.25. The van der Waals surface area contributed by atoms with Crippen LogP contribution in [0.5, 0.6) is 0 Å². The molecule has 156 valence electrons. The van der Waals surface area contributed by atoms with Gasteiger partial charge in [0.15, 0.2) is 5.82 Å². The Labute approximate surface area is 168 Å². The Kier molecular flexibility index (Phi) is 7.06. The first-order chi connectivity index (χ1) is 14.1. The van der Waals surface area contributed by atoms with E-state index in [1.807, 2.05) is 4.90 Å². The summed E-state index contributed by atoms with van der Waals surface area (Å²) in [6, 6.07) is 0. The summed E-state index contributed by atoms with van der Waals surface area (Å²) in [5.74, 6) is 0.368. The predicted octanol–water partition coefficient (Wildman–Crippen LogP) is -0.345. The van der Waals surface area contributed by atoms with Crippen LogP contribution in [0.4, 0.5) is 5.82 Å². The minimum atomic E-state index is -0.586. The number of amides is 2. The molecule has 1 aliphatic rings. The summed E-state index contributed by atoms with van der Waals surface area (Å²) in [5, 5.41) is 14.5. The maximum Gasteiger partial charge on any atom is 0.251 e. The molecule has 2 aromatic heterocycles. The number of rotatable bonds is 6. The quantitative estimate of drug-likeness (QED) is 0.515. The van der Waals surface area contributed by atoms with E-state index in [-0.39, 0.29) is 18.2 Å². The van der Waals surface area contributed by atoms with Crippen molar-refractivity contribution in [2.75, 3.05) is 44.2 Å². The molecule has 2 amide bonds. The van der Waals surface area contributed by atoms with Gasteiger partial charge in [-0.25, -0.2) is 4.98 Å². The van der Waals surface area contributed by atoms with Crippen LogP contribution in [0, 0.1) is 0 Å². The second-order valence-electron chi connectivity index (χ2n) is 6.70. The Balaban J connectivity index is 1.75. The SMILES string of the molecule is C=CCCO[C@@H](C)C(=O)N1CCC(=O)NCCN(c2nccn3nnnc23)CC1. The van der Waals surface area contributed by atoms with Gasteiger partial charge in [0.05, 0.1) is 12.8 Å². The lowest BCUT2D eigenvalue weighted by molar-refractivity contribution is -0.142. The van der Waals surface area contributed by atoms with Crippen molar-refractivity contribution in [2.24, 2.45) is 0 Å². The minimum absolute atomic E-state index is 0.0970. The van der Waals surface area contributed by atoms with E-state index in [0.717, 1.165) is 0 Å². The number of ether oxygens (including phenoxy) is 1. The van der Waals surface area contributed by atoms with Gasteiger partial charge in [-0.05, 0) is 23.8 Å². The molecular weight excluding hydrogens is 376 g/mol. The third-order valence-corrected chi connectivity index (χ3v) is 4.70. The number of anilines is 1. The number of tetrazole rings is 1. The van der Waals surface area contributed by atoms with Crippen molar-refractivity contribution in [3.05, 3.63) is 25.0 Å². The molecule has 1 fully saturated rings. The highest BCUT2D eigenvalue weighted by molar-refractivity contribution is 5.82. The van der Waals surface area contributed by atoms with E-state index in [9.17, 15) is 9.59 Å². The van der Waals surface area contributed by atoms with E-state index < -0.39 is 6.10 Å². The van der Waals surface area contributed by atoms with Gasteiger partial charge >= 0.3 is 0 Å². The van der Waals surface area contributed by atoms with Crippen LogP contribution in [0.1, 0.15) is 19.8 Å². The zero-order valence-electron chi connectivity index (χ0n) is 16.5. The first-order valence-corrected chi connectivity index (χ1v) is 9.65. The van der Waals surface area contributed by atoms with Gasteiger partial charge in [-0.3, -0.25) is 9.59 Å². The monoisotopic (exact) mass is 402 g/mol. The van der Waals surface area contributed by atoms with Crippen LogP contribution in [-0.4, -0.2) is 87.2 Å². The molecule has 1 N–H and O–H groups in total. The number of aromatic nitrogens is 5. The molecule has 0 bridgehead atoms. The average Bonchev–Trinajstić information content (AvgIpc) is 3.21. The average molecular weight is 402 g/mol. The second-order valence-corrected chi connectivity index (χ2v) is 6.70. The fourth-order valence-electron chi connectivity index (χ4n) is 3.10. The normalized spacial score (nSPS) is 17.1. The van der Waals surface area contributed by atoms with E-state index in [1.54, 1.807) is 30.3 Å². The molecule has 2 aromatic rings. The van der Waals surface area contributed by atoms with E-state index in [1.165, 1.54) is 4.52 Å². The minimum Gasteiger partial charge on any atom is -0.368 e. The van der Waals surface area contributed by atoms with Gasteiger partial charge in [-0.15, -0.1) is 11.7 Å². The summed E-state index contributed by atoms with van der Waals surface area (Å²) < 4.78 is 7.13. The van der Waals surface area contributed by atoms with Crippen LogP contribution in [0.2, 0.25) is 0 Å². The number of carbonyl (C=O) groups excluding carboxylic acids is 2. The summed E-state index contributed by atoms with van der Waals surface area (Å²) in [5.41, 5.74) is 0.523. The third-order valence-electron chi connectivity index (χ3n) is 4.70. The lowest BCUT2D eigenvalue weighted by Gasteiger charge is -2.31. The number of carbonyl (C=O) groups is 2. The molecule has 0 aliphatic carbocycles. The van der Waals surface area contributed by atoms with Crippen molar-refractivity contribution >= 4 is 23.3 Å². The molecular formula is C18H26N8O3.